The van der Waals surface area contributed by atoms with Crippen LogP contribution in [0.25, 0.3) is 5.70 Å². The van der Waals surface area contributed by atoms with Crippen LogP contribution < -0.4 is 5.32 Å². The predicted molar refractivity (Wildman–Crippen MR) is 66.3 cm³/mol. The number of fused-ring (bicyclic) bond motifs is 1. The van der Waals surface area contributed by atoms with Crippen molar-refractivity contribution >= 4 is 11.5 Å². The summed E-state index contributed by atoms with van der Waals surface area (Å²) in [5, 5.41) is 17.3. The molecule has 1 unspecified atom stereocenters. The normalized spacial score (nSPS) is 18.2. The Bertz CT molecular complexity index is 586. The van der Waals surface area contributed by atoms with E-state index in [1.165, 1.54) is 5.56 Å². The van der Waals surface area contributed by atoms with Crippen molar-refractivity contribution in [3.63, 3.8) is 0 Å². The lowest BCUT2D eigenvalue weighted by atomic mass is 10.0. The molecule has 2 heterocycles. The molecule has 4 nitrogen and oxygen atoms in total. The monoisotopic (exact) mass is 227 g/mol. The van der Waals surface area contributed by atoms with Crippen LogP contribution in [-0.4, -0.2) is 14.9 Å². The lowest BCUT2D eigenvalue weighted by Crippen LogP contribution is -2.18. The van der Waals surface area contributed by atoms with Gasteiger partial charge in [0, 0.05) is 17.3 Å². The first-order valence-corrected chi connectivity index (χ1v) is 5.52. The molecular weight excluding hydrogens is 214 g/mol. The zero-order valence-corrected chi connectivity index (χ0v) is 9.46. The summed E-state index contributed by atoms with van der Waals surface area (Å²) in [7, 11) is 0. The molecule has 1 aromatic carbocycles. The van der Waals surface area contributed by atoms with Gasteiger partial charge < -0.3 is 10.4 Å². The van der Waals surface area contributed by atoms with Gasteiger partial charge in [-0.25, -0.2) is 4.68 Å². The van der Waals surface area contributed by atoms with Gasteiger partial charge in [-0.05, 0) is 18.6 Å². The summed E-state index contributed by atoms with van der Waals surface area (Å²) in [6, 6.07) is 9.92. The molecule has 86 valence electrons. The number of hydrogen-bond donors (Lipinski definition) is 2. The number of aliphatic hydroxyl groups excluding tert-OH is 1. The smallest absolute Gasteiger partial charge is 0.170 e. The first kappa shape index (κ1) is 10.1. The van der Waals surface area contributed by atoms with Gasteiger partial charge in [-0.1, -0.05) is 24.3 Å². The summed E-state index contributed by atoms with van der Waals surface area (Å²) in [6.45, 7) is 2.05. The van der Waals surface area contributed by atoms with Gasteiger partial charge in [0.05, 0.1) is 6.20 Å². The van der Waals surface area contributed by atoms with Gasteiger partial charge in [-0.15, -0.1) is 0 Å². The Balaban J connectivity index is 2.04. The third kappa shape index (κ3) is 1.62. The van der Waals surface area contributed by atoms with Crippen LogP contribution in [0.5, 0.6) is 0 Å². The molecule has 0 radical (unpaired) electrons. The van der Waals surface area contributed by atoms with Crippen molar-refractivity contribution in [2.45, 2.75) is 13.2 Å². The largest absolute Gasteiger partial charge is 0.368 e. The number of rotatable bonds is 1. The van der Waals surface area contributed by atoms with Crippen LogP contribution in [0.1, 0.15) is 17.4 Å². The molecule has 1 aliphatic heterocycles. The van der Waals surface area contributed by atoms with Crippen LogP contribution in [0.3, 0.4) is 0 Å². The average Bonchev–Trinajstić information content (AvgIpc) is 2.78. The molecule has 0 spiro atoms. The van der Waals surface area contributed by atoms with Crippen molar-refractivity contribution in [3.05, 3.63) is 53.7 Å². The lowest BCUT2D eigenvalue weighted by molar-refractivity contribution is 0.141. The van der Waals surface area contributed by atoms with Crippen molar-refractivity contribution in [3.8, 4) is 0 Å². The maximum Gasteiger partial charge on any atom is 0.170 e. The number of benzene rings is 1. The zero-order valence-electron chi connectivity index (χ0n) is 9.46. The Labute approximate surface area is 99.2 Å². The summed E-state index contributed by atoms with van der Waals surface area (Å²) >= 11 is 0. The van der Waals surface area contributed by atoms with E-state index in [2.05, 4.69) is 23.4 Å². The minimum absolute atomic E-state index is 0.712. The predicted octanol–water partition coefficient (Wildman–Crippen LogP) is 2.15. The first-order valence-electron chi connectivity index (χ1n) is 5.52. The second-order valence-electron chi connectivity index (χ2n) is 4.09. The topological polar surface area (TPSA) is 50.1 Å². The molecule has 0 bridgehead atoms. The Hall–Kier alpha value is -2.07. The molecule has 1 aromatic heterocycles. The number of nitrogens with zero attached hydrogens (tertiary/aromatic N) is 2. The van der Waals surface area contributed by atoms with E-state index in [1.807, 2.05) is 24.3 Å². The molecule has 0 aliphatic carbocycles. The summed E-state index contributed by atoms with van der Waals surface area (Å²) < 4.78 is 1.54. The highest BCUT2D eigenvalue weighted by molar-refractivity contribution is 5.78. The first-order chi connectivity index (χ1) is 8.25. The molecule has 17 heavy (non-hydrogen) atoms. The highest BCUT2D eigenvalue weighted by Gasteiger charge is 2.18. The second-order valence-corrected chi connectivity index (χ2v) is 4.09. The molecule has 0 saturated carbocycles. The third-order valence-corrected chi connectivity index (χ3v) is 2.93. The van der Waals surface area contributed by atoms with Gasteiger partial charge in [-0.3, -0.25) is 0 Å². The summed E-state index contributed by atoms with van der Waals surface area (Å²) in [6.07, 6.45) is 2.72. The second kappa shape index (κ2) is 3.75. The maximum atomic E-state index is 9.96. The number of anilines is 1. The van der Waals surface area contributed by atoms with E-state index >= 15 is 0 Å². The van der Waals surface area contributed by atoms with E-state index < -0.39 is 6.23 Å². The van der Waals surface area contributed by atoms with Gasteiger partial charge in [-0.2, -0.15) is 5.10 Å². The molecule has 0 fully saturated rings. The molecule has 3 rings (SSSR count). The van der Waals surface area contributed by atoms with Gasteiger partial charge in [0.1, 0.15) is 5.82 Å². The zero-order chi connectivity index (χ0) is 11.8. The molecule has 1 aliphatic rings. The molecule has 4 heteroatoms. The number of aliphatic hydroxyl groups is 1. The molecular formula is C13H13N3O. The molecule has 0 saturated heterocycles. The van der Waals surface area contributed by atoms with E-state index in [9.17, 15) is 5.11 Å². The van der Waals surface area contributed by atoms with Gasteiger partial charge in [0.2, 0.25) is 0 Å². The Morgan fingerprint density at radius 2 is 2.12 bits per heavy atom. The van der Waals surface area contributed by atoms with Crippen LogP contribution in [0, 0.1) is 6.92 Å². The van der Waals surface area contributed by atoms with Crippen LogP contribution in [0.2, 0.25) is 0 Å². The average molecular weight is 227 g/mol. The lowest BCUT2D eigenvalue weighted by Gasteiger charge is -2.22. The fourth-order valence-corrected chi connectivity index (χ4v) is 2.06. The maximum absolute atomic E-state index is 9.96. The minimum Gasteiger partial charge on any atom is -0.368 e. The number of hydrogen-bond acceptors (Lipinski definition) is 3. The van der Waals surface area contributed by atoms with E-state index in [4.69, 9.17) is 0 Å². The van der Waals surface area contributed by atoms with Crippen LogP contribution in [0.4, 0.5) is 5.82 Å². The number of aryl methyl sites for hydroxylation is 1. The van der Waals surface area contributed by atoms with Crippen molar-refractivity contribution < 1.29 is 5.11 Å². The Morgan fingerprint density at radius 1 is 1.29 bits per heavy atom. The fourth-order valence-electron chi connectivity index (χ4n) is 2.06. The molecule has 1 atom stereocenters. The summed E-state index contributed by atoms with van der Waals surface area (Å²) in [5.74, 6) is 0.804. The van der Waals surface area contributed by atoms with Gasteiger partial charge >= 0.3 is 0 Å². The fraction of sp³-hybridized carbons (Fsp3) is 0.154. The van der Waals surface area contributed by atoms with Gasteiger partial charge in [0.25, 0.3) is 0 Å². The number of nitrogens with one attached hydrogen (secondary N) is 1. The summed E-state index contributed by atoms with van der Waals surface area (Å²) in [4.78, 5) is 0. The molecule has 0 amide bonds. The Kier molecular flexibility index (Phi) is 2.23. The van der Waals surface area contributed by atoms with E-state index in [-0.39, 0.29) is 0 Å². The van der Waals surface area contributed by atoms with Crippen molar-refractivity contribution in [2.24, 2.45) is 0 Å². The van der Waals surface area contributed by atoms with E-state index in [0.29, 0.717) is 0 Å². The van der Waals surface area contributed by atoms with Crippen molar-refractivity contribution in [1.29, 1.82) is 0 Å². The molecule has 2 aromatic rings. The van der Waals surface area contributed by atoms with Crippen molar-refractivity contribution in [1.82, 2.24) is 9.78 Å². The number of aromatic nitrogens is 2. The SMILES string of the molecule is Cc1ccccc1C1=CC(O)n2nccc2N1. The third-order valence-electron chi connectivity index (χ3n) is 2.93. The van der Waals surface area contributed by atoms with E-state index in [0.717, 1.165) is 17.1 Å². The molecule has 2 N–H and O–H groups in total. The quantitative estimate of drug-likeness (QED) is 0.784. The van der Waals surface area contributed by atoms with Crippen LogP contribution >= 0.6 is 0 Å². The summed E-state index contributed by atoms with van der Waals surface area (Å²) in [5.41, 5.74) is 3.19. The Morgan fingerprint density at radius 3 is 2.94 bits per heavy atom. The highest BCUT2D eigenvalue weighted by Crippen LogP contribution is 2.28. The standard InChI is InChI=1S/C13H13N3O/c1-9-4-2-3-5-10(9)11-8-13(17)16-12(15-11)6-7-14-16/h2-8,13,15,17H,1H3. The van der Waals surface area contributed by atoms with Crippen molar-refractivity contribution in [2.75, 3.05) is 5.32 Å². The van der Waals surface area contributed by atoms with Crippen LogP contribution in [0.15, 0.2) is 42.6 Å². The van der Waals surface area contributed by atoms with E-state index in [1.54, 1.807) is 17.0 Å². The van der Waals surface area contributed by atoms with Gasteiger partial charge in [0.15, 0.2) is 6.23 Å². The van der Waals surface area contributed by atoms with Crippen LogP contribution in [-0.2, 0) is 0 Å². The highest BCUT2D eigenvalue weighted by atomic mass is 16.3. The minimum atomic E-state index is -0.712.